The number of benzene rings is 2. The molecule has 0 radical (unpaired) electrons. The van der Waals surface area contributed by atoms with E-state index in [1.165, 1.54) is 6.07 Å². The largest absolute Gasteiger partial charge is 0.379 e. The van der Waals surface area contributed by atoms with Crippen LogP contribution in [-0.2, 0) is 4.74 Å². The molecule has 1 fully saturated rings. The van der Waals surface area contributed by atoms with Crippen LogP contribution in [-0.4, -0.2) is 55.2 Å². The molecule has 0 unspecified atom stereocenters. The number of rotatable bonds is 5. The van der Waals surface area contributed by atoms with E-state index in [1.54, 1.807) is 36.4 Å². The number of ether oxygens (including phenoxy) is 1. The van der Waals surface area contributed by atoms with Crippen molar-refractivity contribution in [1.29, 1.82) is 0 Å². The third-order valence-corrected chi connectivity index (χ3v) is 5.18. The Balaban J connectivity index is 1.63. The summed E-state index contributed by atoms with van der Waals surface area (Å²) in [4.78, 5) is 18.3. The lowest BCUT2D eigenvalue weighted by Crippen LogP contribution is -2.41. The first-order valence-electron chi connectivity index (χ1n) is 9.28. The summed E-state index contributed by atoms with van der Waals surface area (Å²) in [7, 11) is 0. The molecule has 5 nitrogen and oxygen atoms in total. The highest BCUT2D eigenvalue weighted by atomic mass is 35.5. The fraction of sp³-hybridized carbons (Fsp3) is 0.286. The minimum Gasteiger partial charge on any atom is -0.379 e. The Bertz CT molecular complexity index is 998. The van der Waals surface area contributed by atoms with Crippen molar-refractivity contribution in [1.82, 2.24) is 15.2 Å². The van der Waals surface area contributed by atoms with Crippen molar-refractivity contribution in [2.24, 2.45) is 0 Å². The third-order valence-electron chi connectivity index (χ3n) is 4.95. The maximum atomic E-state index is 14.5. The number of H-pyrrole nitrogens is 1. The lowest BCUT2D eigenvalue weighted by atomic mass is 10.0. The van der Waals surface area contributed by atoms with Crippen LogP contribution in [0.25, 0.3) is 22.0 Å². The SMILES string of the molecule is O=C(NCCN1CCOCC1)c1[nH]c2ccc(Cl)cc2c1-c1ccccc1F. The minimum atomic E-state index is -0.384. The van der Waals surface area contributed by atoms with Crippen molar-refractivity contribution >= 4 is 28.4 Å². The van der Waals surface area contributed by atoms with E-state index in [-0.39, 0.29) is 11.7 Å². The molecule has 1 aromatic heterocycles. The normalized spacial score (nSPS) is 15.1. The summed E-state index contributed by atoms with van der Waals surface area (Å²) in [6.07, 6.45) is 0. The van der Waals surface area contributed by atoms with Crippen molar-refractivity contribution < 1.29 is 13.9 Å². The highest BCUT2D eigenvalue weighted by molar-refractivity contribution is 6.31. The fourth-order valence-corrected chi connectivity index (χ4v) is 3.69. The van der Waals surface area contributed by atoms with Gasteiger partial charge in [0.25, 0.3) is 5.91 Å². The third kappa shape index (κ3) is 3.90. The second kappa shape index (κ2) is 8.31. The molecule has 0 atom stereocenters. The van der Waals surface area contributed by atoms with Gasteiger partial charge in [0.15, 0.2) is 0 Å². The Morgan fingerprint density at radius 3 is 2.79 bits per heavy atom. The predicted molar refractivity (Wildman–Crippen MR) is 108 cm³/mol. The monoisotopic (exact) mass is 401 g/mol. The summed E-state index contributed by atoms with van der Waals surface area (Å²) in [6, 6.07) is 11.7. The summed E-state index contributed by atoms with van der Waals surface area (Å²) in [6.45, 7) is 4.41. The van der Waals surface area contributed by atoms with E-state index in [1.807, 2.05) is 0 Å². The molecule has 4 rings (SSSR count). The van der Waals surface area contributed by atoms with E-state index in [0.29, 0.717) is 41.6 Å². The maximum absolute atomic E-state index is 14.5. The maximum Gasteiger partial charge on any atom is 0.268 e. The number of halogens is 2. The average molecular weight is 402 g/mol. The molecule has 1 saturated heterocycles. The van der Waals surface area contributed by atoms with Gasteiger partial charge < -0.3 is 15.0 Å². The number of morpholine rings is 1. The molecule has 2 aromatic carbocycles. The molecular weight excluding hydrogens is 381 g/mol. The molecule has 7 heteroatoms. The zero-order valence-electron chi connectivity index (χ0n) is 15.3. The molecule has 146 valence electrons. The first-order valence-corrected chi connectivity index (χ1v) is 9.66. The number of carbonyl (C=O) groups is 1. The second-order valence-electron chi connectivity index (χ2n) is 6.75. The molecule has 3 aromatic rings. The number of nitrogens with zero attached hydrogens (tertiary/aromatic N) is 1. The Hall–Kier alpha value is -2.41. The number of aromatic amines is 1. The number of carbonyl (C=O) groups excluding carboxylic acids is 1. The molecule has 0 spiro atoms. The molecule has 1 aliphatic rings. The molecule has 28 heavy (non-hydrogen) atoms. The van der Waals surface area contributed by atoms with Gasteiger partial charge in [-0.05, 0) is 24.3 Å². The van der Waals surface area contributed by atoms with Crippen LogP contribution in [0.1, 0.15) is 10.5 Å². The van der Waals surface area contributed by atoms with Gasteiger partial charge in [0.05, 0.1) is 13.2 Å². The van der Waals surface area contributed by atoms with Crippen LogP contribution in [0.4, 0.5) is 4.39 Å². The van der Waals surface area contributed by atoms with E-state index >= 15 is 0 Å². The molecule has 1 aliphatic heterocycles. The Kier molecular flexibility index (Phi) is 5.62. The van der Waals surface area contributed by atoms with Gasteiger partial charge in [0, 0.05) is 53.2 Å². The van der Waals surface area contributed by atoms with Crippen LogP contribution in [0, 0.1) is 5.82 Å². The number of hydrogen-bond donors (Lipinski definition) is 2. The summed E-state index contributed by atoms with van der Waals surface area (Å²) in [5.74, 6) is -0.649. The van der Waals surface area contributed by atoms with Gasteiger partial charge in [0.1, 0.15) is 11.5 Å². The second-order valence-corrected chi connectivity index (χ2v) is 7.19. The topological polar surface area (TPSA) is 57.4 Å². The molecule has 1 amide bonds. The van der Waals surface area contributed by atoms with E-state index < -0.39 is 0 Å². The van der Waals surface area contributed by atoms with Crippen LogP contribution in [0.3, 0.4) is 0 Å². The van der Waals surface area contributed by atoms with Gasteiger partial charge >= 0.3 is 0 Å². The van der Waals surface area contributed by atoms with E-state index in [2.05, 4.69) is 15.2 Å². The zero-order chi connectivity index (χ0) is 19.5. The van der Waals surface area contributed by atoms with Crippen LogP contribution >= 0.6 is 11.6 Å². The van der Waals surface area contributed by atoms with Crippen LogP contribution < -0.4 is 5.32 Å². The molecule has 0 aliphatic carbocycles. The van der Waals surface area contributed by atoms with Gasteiger partial charge in [-0.15, -0.1) is 0 Å². The van der Waals surface area contributed by atoms with Gasteiger partial charge in [-0.25, -0.2) is 4.39 Å². The number of hydrogen-bond acceptors (Lipinski definition) is 3. The van der Waals surface area contributed by atoms with E-state index in [0.717, 1.165) is 30.5 Å². The summed E-state index contributed by atoms with van der Waals surface area (Å²) in [5.41, 5.74) is 1.97. The van der Waals surface area contributed by atoms with E-state index in [4.69, 9.17) is 16.3 Å². The number of amides is 1. The Morgan fingerprint density at radius 2 is 2.00 bits per heavy atom. The molecule has 2 N–H and O–H groups in total. The zero-order valence-corrected chi connectivity index (χ0v) is 16.1. The van der Waals surface area contributed by atoms with Gasteiger partial charge in [0.2, 0.25) is 0 Å². The Labute approximate surface area is 167 Å². The number of fused-ring (bicyclic) bond motifs is 1. The summed E-state index contributed by atoms with van der Waals surface area (Å²) in [5, 5.41) is 4.19. The average Bonchev–Trinajstić information content (AvgIpc) is 3.07. The van der Waals surface area contributed by atoms with Crippen LogP contribution in [0.5, 0.6) is 0 Å². The van der Waals surface area contributed by atoms with Gasteiger partial charge in [-0.1, -0.05) is 29.8 Å². The summed E-state index contributed by atoms with van der Waals surface area (Å²) < 4.78 is 19.9. The first-order chi connectivity index (χ1) is 13.6. The van der Waals surface area contributed by atoms with Crippen molar-refractivity contribution in [3.8, 4) is 11.1 Å². The van der Waals surface area contributed by atoms with Gasteiger partial charge in [-0.3, -0.25) is 9.69 Å². The molecule has 0 bridgehead atoms. The van der Waals surface area contributed by atoms with Crippen molar-refractivity contribution in [2.75, 3.05) is 39.4 Å². The molecule has 0 saturated carbocycles. The summed E-state index contributed by atoms with van der Waals surface area (Å²) >= 11 is 6.15. The fourth-order valence-electron chi connectivity index (χ4n) is 3.52. The Morgan fingerprint density at radius 1 is 1.21 bits per heavy atom. The van der Waals surface area contributed by atoms with Crippen molar-refractivity contribution in [3.05, 3.63) is 59.0 Å². The quantitative estimate of drug-likeness (QED) is 0.685. The number of aromatic nitrogens is 1. The standard InChI is InChI=1S/C21H21ClFN3O2/c22-14-5-6-18-16(13-14)19(15-3-1-2-4-17(15)23)20(25-18)21(27)24-7-8-26-9-11-28-12-10-26/h1-6,13,25H,7-12H2,(H,24,27). The highest BCUT2D eigenvalue weighted by Crippen LogP contribution is 2.35. The smallest absolute Gasteiger partial charge is 0.268 e. The highest BCUT2D eigenvalue weighted by Gasteiger charge is 2.21. The van der Waals surface area contributed by atoms with Crippen molar-refractivity contribution in [3.63, 3.8) is 0 Å². The molecular formula is C21H21ClFN3O2. The minimum absolute atomic E-state index is 0.265. The van der Waals surface area contributed by atoms with E-state index in [9.17, 15) is 9.18 Å². The first kappa shape index (κ1) is 18.9. The molecule has 2 heterocycles. The lowest BCUT2D eigenvalue weighted by Gasteiger charge is -2.26. The number of nitrogens with one attached hydrogen (secondary N) is 2. The van der Waals surface area contributed by atoms with Crippen LogP contribution in [0.15, 0.2) is 42.5 Å². The lowest BCUT2D eigenvalue weighted by molar-refractivity contribution is 0.0383. The van der Waals surface area contributed by atoms with Gasteiger partial charge in [-0.2, -0.15) is 0 Å². The van der Waals surface area contributed by atoms with Crippen molar-refractivity contribution in [2.45, 2.75) is 0 Å². The van der Waals surface area contributed by atoms with Crippen LogP contribution in [0.2, 0.25) is 5.02 Å². The predicted octanol–water partition coefficient (Wildman–Crippen LogP) is 3.69.